The number of hydrogen-bond acceptors (Lipinski definition) is 4. The fraction of sp³-hybridized carbons (Fsp3) is 0.692. The Morgan fingerprint density at radius 1 is 1.21 bits per heavy atom. The molecule has 0 aliphatic heterocycles. The number of fused-ring (bicyclic) bond motifs is 1. The molecule has 19 heavy (non-hydrogen) atoms. The molecule has 0 spiro atoms. The van der Waals surface area contributed by atoms with E-state index in [9.17, 15) is 0 Å². The number of aryl methyl sites for hydroxylation is 2. The van der Waals surface area contributed by atoms with Gasteiger partial charge >= 0.3 is 0 Å². The highest BCUT2D eigenvalue weighted by Crippen LogP contribution is 2.20. The first kappa shape index (κ1) is 13.9. The Morgan fingerprint density at radius 2 is 1.89 bits per heavy atom. The van der Waals surface area contributed by atoms with Crippen molar-refractivity contribution in [3.05, 3.63) is 5.69 Å². The zero-order valence-corrected chi connectivity index (χ0v) is 12.3. The third-order valence-corrected chi connectivity index (χ3v) is 3.66. The third-order valence-electron chi connectivity index (χ3n) is 3.66. The van der Waals surface area contributed by atoms with Gasteiger partial charge in [-0.3, -0.25) is 4.57 Å². The average Bonchev–Trinajstić information content (AvgIpc) is 2.89. The van der Waals surface area contributed by atoms with Crippen molar-refractivity contribution in [2.45, 2.75) is 40.8 Å². The normalized spacial score (nSPS) is 11.8. The molecule has 0 aliphatic carbocycles. The number of anilines is 1. The molecule has 0 atom stereocenters. The molecule has 0 radical (unpaired) electrons. The minimum absolute atomic E-state index is 0.588. The Kier molecular flexibility index (Phi) is 4.09. The van der Waals surface area contributed by atoms with Crippen LogP contribution in [0.1, 0.15) is 26.5 Å². The summed E-state index contributed by atoms with van der Waals surface area (Å²) in [7, 11) is 0. The highest BCUT2D eigenvalue weighted by Gasteiger charge is 2.16. The minimum Gasteiger partial charge on any atom is -0.369 e. The average molecular weight is 264 g/mol. The number of aromatic nitrogens is 4. The molecule has 2 rings (SSSR count). The molecule has 0 unspecified atom stereocenters. The lowest BCUT2D eigenvalue weighted by Crippen LogP contribution is -2.27. The smallest absolute Gasteiger partial charge is 0.202 e. The fourth-order valence-electron chi connectivity index (χ4n) is 2.46. The van der Waals surface area contributed by atoms with Crippen LogP contribution < -0.4 is 5.73 Å². The lowest BCUT2D eigenvalue weighted by atomic mass is 10.4. The van der Waals surface area contributed by atoms with Crippen LogP contribution in [0.5, 0.6) is 0 Å². The number of imidazole rings is 1. The summed E-state index contributed by atoms with van der Waals surface area (Å²) >= 11 is 0. The van der Waals surface area contributed by atoms with Crippen LogP contribution >= 0.6 is 0 Å². The van der Waals surface area contributed by atoms with Crippen LogP contribution in [0, 0.1) is 6.92 Å². The molecule has 106 valence electrons. The van der Waals surface area contributed by atoms with E-state index >= 15 is 0 Å². The van der Waals surface area contributed by atoms with E-state index in [-0.39, 0.29) is 0 Å². The van der Waals surface area contributed by atoms with E-state index in [0.717, 1.165) is 49.6 Å². The number of rotatable bonds is 6. The minimum atomic E-state index is 0.588. The summed E-state index contributed by atoms with van der Waals surface area (Å²) in [5, 5.41) is 4.50. The van der Waals surface area contributed by atoms with Gasteiger partial charge in [0, 0.05) is 19.6 Å². The molecule has 0 saturated heterocycles. The van der Waals surface area contributed by atoms with Crippen molar-refractivity contribution in [3.8, 4) is 0 Å². The van der Waals surface area contributed by atoms with E-state index < -0.39 is 0 Å². The largest absolute Gasteiger partial charge is 0.369 e. The lowest BCUT2D eigenvalue weighted by Gasteiger charge is -2.18. The quantitative estimate of drug-likeness (QED) is 0.858. The highest BCUT2D eigenvalue weighted by molar-refractivity contribution is 5.77. The summed E-state index contributed by atoms with van der Waals surface area (Å²) in [6.07, 6.45) is 0. The van der Waals surface area contributed by atoms with Gasteiger partial charge in [0.2, 0.25) is 5.95 Å². The van der Waals surface area contributed by atoms with Crippen molar-refractivity contribution in [2.24, 2.45) is 0 Å². The molecule has 2 aromatic rings. The number of nitrogens with two attached hydrogens (primary N) is 1. The molecule has 2 heterocycles. The first-order valence-electron chi connectivity index (χ1n) is 7.03. The maximum atomic E-state index is 6.05. The molecular weight excluding hydrogens is 240 g/mol. The van der Waals surface area contributed by atoms with Crippen LogP contribution in [0.3, 0.4) is 0 Å². The molecule has 6 nitrogen and oxygen atoms in total. The molecule has 0 saturated carbocycles. The Bertz CT molecular complexity index is 549. The van der Waals surface area contributed by atoms with Gasteiger partial charge in [0.1, 0.15) is 5.52 Å². The number of likely N-dealkylation sites (N-methyl/N-ethyl adjacent to an activating group) is 1. The first-order valence-corrected chi connectivity index (χ1v) is 7.03. The molecule has 0 aromatic carbocycles. The molecular formula is C13H24N6. The fourth-order valence-corrected chi connectivity index (χ4v) is 2.46. The number of nitrogens with zero attached hydrogens (tertiary/aromatic N) is 5. The topological polar surface area (TPSA) is 64.9 Å². The van der Waals surface area contributed by atoms with Crippen molar-refractivity contribution in [1.29, 1.82) is 0 Å². The zero-order valence-electron chi connectivity index (χ0n) is 12.3. The summed E-state index contributed by atoms with van der Waals surface area (Å²) in [5.74, 6) is 0.588. The van der Waals surface area contributed by atoms with E-state index in [0.29, 0.717) is 5.95 Å². The van der Waals surface area contributed by atoms with Gasteiger partial charge in [0.15, 0.2) is 5.65 Å². The zero-order chi connectivity index (χ0) is 14.0. The maximum Gasteiger partial charge on any atom is 0.202 e. The molecule has 0 fully saturated rings. The van der Waals surface area contributed by atoms with Crippen molar-refractivity contribution < 1.29 is 0 Å². The van der Waals surface area contributed by atoms with E-state index in [1.54, 1.807) is 0 Å². The first-order chi connectivity index (χ1) is 9.12. The van der Waals surface area contributed by atoms with Crippen LogP contribution in [0.15, 0.2) is 0 Å². The predicted molar refractivity (Wildman–Crippen MR) is 78.1 cm³/mol. The molecule has 2 N–H and O–H groups in total. The van der Waals surface area contributed by atoms with E-state index in [1.165, 1.54) is 0 Å². The van der Waals surface area contributed by atoms with E-state index in [2.05, 4.69) is 40.3 Å². The Balaban J connectivity index is 2.33. The van der Waals surface area contributed by atoms with Crippen molar-refractivity contribution >= 4 is 17.1 Å². The van der Waals surface area contributed by atoms with Gasteiger partial charge in [-0.1, -0.05) is 13.8 Å². The summed E-state index contributed by atoms with van der Waals surface area (Å²) in [4.78, 5) is 6.83. The Morgan fingerprint density at radius 3 is 2.47 bits per heavy atom. The highest BCUT2D eigenvalue weighted by atomic mass is 15.4. The van der Waals surface area contributed by atoms with E-state index in [4.69, 9.17) is 5.73 Å². The second-order valence-electron chi connectivity index (χ2n) is 4.72. The summed E-state index contributed by atoms with van der Waals surface area (Å²) < 4.78 is 4.06. The van der Waals surface area contributed by atoms with Crippen molar-refractivity contribution in [3.63, 3.8) is 0 Å². The van der Waals surface area contributed by atoms with E-state index in [1.807, 2.05) is 11.6 Å². The Hall–Kier alpha value is -1.56. The monoisotopic (exact) mass is 264 g/mol. The van der Waals surface area contributed by atoms with Crippen LogP contribution in [0.4, 0.5) is 5.95 Å². The number of nitrogen functional groups attached to an aromatic ring is 1. The van der Waals surface area contributed by atoms with Gasteiger partial charge in [-0.2, -0.15) is 5.10 Å². The summed E-state index contributed by atoms with van der Waals surface area (Å²) in [6, 6.07) is 0. The van der Waals surface area contributed by atoms with Crippen LogP contribution in [0.2, 0.25) is 0 Å². The lowest BCUT2D eigenvalue weighted by molar-refractivity contribution is 0.292. The standard InChI is InChI=1S/C13H24N6/c1-5-17(6-2)8-9-18-12-11(15-13(18)14)10(4)16-19(12)7-3/h5-9H2,1-4H3,(H2,14,15). The van der Waals surface area contributed by atoms with Crippen LogP contribution in [0.25, 0.3) is 11.2 Å². The molecule has 0 amide bonds. The second-order valence-corrected chi connectivity index (χ2v) is 4.72. The Labute approximate surface area is 114 Å². The summed E-state index contributed by atoms with van der Waals surface area (Å²) in [5.41, 5.74) is 8.98. The molecule has 2 aromatic heterocycles. The van der Waals surface area contributed by atoms with Gasteiger partial charge in [-0.15, -0.1) is 0 Å². The molecule has 6 heteroatoms. The maximum absolute atomic E-state index is 6.05. The van der Waals surface area contributed by atoms with Gasteiger partial charge in [0.25, 0.3) is 0 Å². The molecule has 0 aliphatic rings. The van der Waals surface area contributed by atoms with Gasteiger partial charge in [-0.05, 0) is 26.9 Å². The van der Waals surface area contributed by atoms with Crippen LogP contribution in [-0.2, 0) is 13.1 Å². The summed E-state index contributed by atoms with van der Waals surface area (Å²) in [6.45, 7) is 13.2. The second kappa shape index (κ2) is 5.61. The van der Waals surface area contributed by atoms with Crippen LogP contribution in [-0.4, -0.2) is 43.9 Å². The van der Waals surface area contributed by atoms with Crippen molar-refractivity contribution in [2.75, 3.05) is 25.4 Å². The van der Waals surface area contributed by atoms with Gasteiger partial charge in [0.05, 0.1) is 5.69 Å². The van der Waals surface area contributed by atoms with Gasteiger partial charge < -0.3 is 10.6 Å². The third kappa shape index (κ3) is 2.45. The predicted octanol–water partition coefficient (Wildman–Crippen LogP) is 1.49. The SMILES string of the molecule is CCN(CC)CCn1c(N)nc2c(C)nn(CC)c21. The number of hydrogen-bond donors (Lipinski definition) is 1. The van der Waals surface area contributed by atoms with Gasteiger partial charge in [-0.25, -0.2) is 9.67 Å². The molecule has 0 bridgehead atoms. The van der Waals surface area contributed by atoms with Crippen molar-refractivity contribution in [1.82, 2.24) is 24.2 Å².